The fourth-order valence-electron chi connectivity index (χ4n) is 3.52. The van der Waals surface area contributed by atoms with E-state index in [0.717, 1.165) is 11.1 Å². The van der Waals surface area contributed by atoms with Crippen LogP contribution in [0.5, 0.6) is 0 Å². The third-order valence-corrected chi connectivity index (χ3v) is 6.28. The summed E-state index contributed by atoms with van der Waals surface area (Å²) in [5, 5.41) is 10.2. The second-order valence-corrected chi connectivity index (χ2v) is 8.35. The van der Waals surface area contributed by atoms with Crippen LogP contribution in [0, 0.1) is 11.3 Å². The van der Waals surface area contributed by atoms with E-state index in [1.54, 1.807) is 28.8 Å². The van der Waals surface area contributed by atoms with Gasteiger partial charge in [0, 0.05) is 12.3 Å². The van der Waals surface area contributed by atoms with Crippen molar-refractivity contribution in [3.05, 3.63) is 105 Å². The Morgan fingerprint density at radius 3 is 2.61 bits per heavy atom. The number of nitriles is 1. The van der Waals surface area contributed by atoms with Gasteiger partial charge in [-0.25, -0.2) is 9.78 Å². The highest BCUT2D eigenvalue weighted by Crippen LogP contribution is 2.24. The molecule has 0 spiro atoms. The molecule has 4 rings (SSSR count). The van der Waals surface area contributed by atoms with Gasteiger partial charge in [0.1, 0.15) is 0 Å². The zero-order valence-electron chi connectivity index (χ0n) is 18.0. The van der Waals surface area contributed by atoms with E-state index in [2.05, 4.69) is 6.07 Å². The van der Waals surface area contributed by atoms with Gasteiger partial charge >= 0.3 is 5.97 Å². The van der Waals surface area contributed by atoms with Crippen molar-refractivity contribution in [1.29, 1.82) is 5.26 Å². The number of aryl methyl sites for hydroxylation is 1. The van der Waals surface area contributed by atoms with Crippen LogP contribution in [-0.4, -0.2) is 22.6 Å². The molecule has 7 heteroatoms. The lowest BCUT2D eigenvalue weighted by Gasteiger charge is -2.14. The summed E-state index contributed by atoms with van der Waals surface area (Å²) in [7, 11) is 1.32. The smallest absolute Gasteiger partial charge is 0.337 e. The topological polar surface area (TPSA) is 85.0 Å². The van der Waals surface area contributed by atoms with E-state index in [4.69, 9.17) is 15.0 Å². The number of hydrogen-bond acceptors (Lipinski definition) is 6. The molecule has 4 aromatic rings. The number of aromatic nitrogens is 2. The molecule has 0 radical (unpaired) electrons. The molecule has 0 saturated heterocycles. The highest BCUT2D eigenvalue weighted by molar-refractivity contribution is 7.98. The maximum absolute atomic E-state index is 13.4. The SMILES string of the molecule is COC(=O)c1ccc2c(=O)n(CCc3ccccc3)c(SCc3cccc(C#N)c3)nc2c1. The summed E-state index contributed by atoms with van der Waals surface area (Å²) in [4.78, 5) is 30.1. The molecule has 164 valence electrons. The van der Waals surface area contributed by atoms with Gasteiger partial charge in [-0.05, 0) is 47.9 Å². The van der Waals surface area contributed by atoms with Crippen molar-refractivity contribution in [2.24, 2.45) is 0 Å². The largest absolute Gasteiger partial charge is 0.465 e. The predicted molar refractivity (Wildman–Crippen MR) is 128 cm³/mol. The quantitative estimate of drug-likeness (QED) is 0.230. The molecule has 33 heavy (non-hydrogen) atoms. The minimum absolute atomic E-state index is 0.152. The Hall–Kier alpha value is -3.89. The van der Waals surface area contributed by atoms with Crippen molar-refractivity contribution in [2.75, 3.05) is 7.11 Å². The van der Waals surface area contributed by atoms with Gasteiger partial charge in [0.15, 0.2) is 5.16 Å². The molecule has 0 fully saturated rings. The molecule has 0 saturated carbocycles. The molecular formula is C26H21N3O3S. The second kappa shape index (κ2) is 10.2. The van der Waals surface area contributed by atoms with Gasteiger partial charge in [-0.1, -0.05) is 54.2 Å². The van der Waals surface area contributed by atoms with Gasteiger partial charge in [0.25, 0.3) is 5.56 Å². The third-order valence-electron chi connectivity index (χ3n) is 5.23. The van der Waals surface area contributed by atoms with Gasteiger partial charge in [-0.15, -0.1) is 0 Å². The summed E-state index contributed by atoms with van der Waals surface area (Å²) in [5.41, 5.74) is 3.32. The number of hydrogen-bond donors (Lipinski definition) is 0. The predicted octanol–water partition coefficient (Wildman–Crippen LogP) is 4.59. The molecule has 0 amide bonds. The molecule has 0 aliphatic rings. The average molecular weight is 456 g/mol. The van der Waals surface area contributed by atoms with E-state index in [-0.39, 0.29) is 5.56 Å². The Labute approximate surface area is 195 Å². The van der Waals surface area contributed by atoms with Gasteiger partial charge in [-0.2, -0.15) is 5.26 Å². The lowest BCUT2D eigenvalue weighted by Crippen LogP contribution is -2.24. The Morgan fingerprint density at radius 2 is 1.85 bits per heavy atom. The van der Waals surface area contributed by atoms with Crippen molar-refractivity contribution >= 4 is 28.6 Å². The minimum Gasteiger partial charge on any atom is -0.465 e. The number of fused-ring (bicyclic) bond motifs is 1. The van der Waals surface area contributed by atoms with E-state index >= 15 is 0 Å². The molecular weight excluding hydrogens is 434 g/mol. The van der Waals surface area contributed by atoms with Crippen molar-refractivity contribution in [2.45, 2.75) is 23.9 Å². The van der Waals surface area contributed by atoms with Crippen LogP contribution in [0.1, 0.15) is 27.0 Å². The maximum atomic E-state index is 13.4. The molecule has 0 aliphatic heterocycles. The molecule has 0 atom stereocenters. The van der Waals surface area contributed by atoms with Crippen LogP contribution in [-0.2, 0) is 23.5 Å². The number of esters is 1. The Morgan fingerprint density at radius 1 is 1.06 bits per heavy atom. The van der Waals surface area contributed by atoms with Crippen LogP contribution in [0.2, 0.25) is 0 Å². The normalized spacial score (nSPS) is 10.7. The van der Waals surface area contributed by atoms with Crippen LogP contribution in [0.4, 0.5) is 0 Å². The summed E-state index contributed by atoms with van der Waals surface area (Å²) in [6, 6.07) is 24.3. The standard InChI is InChI=1S/C26H21N3O3S/c1-32-25(31)21-10-11-22-23(15-21)28-26(33-17-20-9-5-8-19(14-20)16-27)29(24(22)30)13-12-18-6-3-2-4-7-18/h2-11,14-15H,12-13,17H2,1H3. The molecule has 0 bridgehead atoms. The maximum Gasteiger partial charge on any atom is 0.337 e. The van der Waals surface area contributed by atoms with Crippen molar-refractivity contribution in [3.8, 4) is 6.07 Å². The number of carbonyl (C=O) groups is 1. The number of nitrogens with zero attached hydrogens (tertiary/aromatic N) is 3. The van der Waals surface area contributed by atoms with Gasteiger partial charge in [-0.3, -0.25) is 9.36 Å². The third kappa shape index (κ3) is 5.13. The minimum atomic E-state index is -0.477. The molecule has 0 N–H and O–H groups in total. The monoisotopic (exact) mass is 455 g/mol. The van der Waals surface area contributed by atoms with Crippen LogP contribution in [0.3, 0.4) is 0 Å². The fraction of sp³-hybridized carbons (Fsp3) is 0.154. The summed E-state index contributed by atoms with van der Waals surface area (Å²) < 4.78 is 6.49. The first-order valence-electron chi connectivity index (χ1n) is 10.4. The van der Waals surface area contributed by atoms with E-state index in [0.29, 0.717) is 45.9 Å². The van der Waals surface area contributed by atoms with E-state index in [1.807, 2.05) is 48.5 Å². The number of thioether (sulfide) groups is 1. The number of rotatable bonds is 7. The molecule has 0 aliphatic carbocycles. The highest BCUT2D eigenvalue weighted by Gasteiger charge is 2.15. The van der Waals surface area contributed by atoms with Crippen molar-refractivity contribution in [3.63, 3.8) is 0 Å². The molecule has 3 aromatic carbocycles. The van der Waals surface area contributed by atoms with Gasteiger partial charge in [0.2, 0.25) is 0 Å². The Kier molecular flexibility index (Phi) is 6.86. The first kappa shape index (κ1) is 22.3. The highest BCUT2D eigenvalue weighted by atomic mass is 32.2. The van der Waals surface area contributed by atoms with Gasteiger partial charge in [0.05, 0.1) is 35.2 Å². The van der Waals surface area contributed by atoms with Crippen molar-refractivity contribution < 1.29 is 9.53 Å². The zero-order chi connectivity index (χ0) is 23.2. The summed E-state index contributed by atoms with van der Waals surface area (Å²) in [6.07, 6.45) is 0.686. The molecule has 1 aromatic heterocycles. The summed E-state index contributed by atoms with van der Waals surface area (Å²) in [5.74, 6) is 0.0738. The van der Waals surface area contributed by atoms with Crippen molar-refractivity contribution in [1.82, 2.24) is 9.55 Å². The first-order chi connectivity index (χ1) is 16.1. The molecule has 0 unspecified atom stereocenters. The fourth-order valence-corrected chi connectivity index (χ4v) is 4.49. The number of carbonyl (C=O) groups excluding carboxylic acids is 1. The van der Waals surface area contributed by atoms with E-state index in [9.17, 15) is 9.59 Å². The zero-order valence-corrected chi connectivity index (χ0v) is 18.8. The first-order valence-corrected chi connectivity index (χ1v) is 11.4. The second-order valence-electron chi connectivity index (χ2n) is 7.41. The number of methoxy groups -OCH3 is 1. The number of ether oxygens (including phenoxy) is 1. The molecule has 1 heterocycles. The van der Waals surface area contributed by atoms with Crippen LogP contribution in [0.15, 0.2) is 82.7 Å². The van der Waals surface area contributed by atoms with E-state index < -0.39 is 5.97 Å². The Bertz CT molecular complexity index is 1410. The molecule has 6 nitrogen and oxygen atoms in total. The van der Waals surface area contributed by atoms with Crippen LogP contribution in [0.25, 0.3) is 10.9 Å². The summed E-state index contributed by atoms with van der Waals surface area (Å²) in [6.45, 7) is 0.477. The summed E-state index contributed by atoms with van der Waals surface area (Å²) >= 11 is 1.43. The van der Waals surface area contributed by atoms with Crippen LogP contribution < -0.4 is 5.56 Å². The van der Waals surface area contributed by atoms with E-state index in [1.165, 1.54) is 18.9 Å². The van der Waals surface area contributed by atoms with Crippen LogP contribution >= 0.6 is 11.8 Å². The van der Waals surface area contributed by atoms with Gasteiger partial charge < -0.3 is 4.74 Å². The number of benzene rings is 3. The Balaban J connectivity index is 1.73. The average Bonchev–Trinajstić information content (AvgIpc) is 2.87. The lowest BCUT2D eigenvalue weighted by atomic mass is 10.1. The lowest BCUT2D eigenvalue weighted by molar-refractivity contribution is 0.0601.